The van der Waals surface area contributed by atoms with Crippen LogP contribution in [0.25, 0.3) is 0 Å². The maximum atomic E-state index is 12.4. The summed E-state index contributed by atoms with van der Waals surface area (Å²) >= 11 is 0. The Balaban J connectivity index is 0.00000288. The van der Waals surface area contributed by atoms with Crippen molar-refractivity contribution in [1.82, 2.24) is 15.5 Å². The summed E-state index contributed by atoms with van der Waals surface area (Å²) in [5.41, 5.74) is 1.02. The molecule has 1 saturated heterocycles. The van der Waals surface area contributed by atoms with Crippen molar-refractivity contribution in [1.29, 1.82) is 0 Å². The van der Waals surface area contributed by atoms with E-state index < -0.39 is 0 Å². The van der Waals surface area contributed by atoms with Crippen molar-refractivity contribution >= 4 is 24.2 Å². The minimum absolute atomic E-state index is 0. The predicted molar refractivity (Wildman–Crippen MR) is 98.3 cm³/mol. The molecule has 134 valence electrons. The van der Waals surface area contributed by atoms with Crippen molar-refractivity contribution in [2.75, 3.05) is 33.2 Å². The Morgan fingerprint density at radius 2 is 1.96 bits per heavy atom. The molecule has 0 aliphatic carbocycles. The van der Waals surface area contributed by atoms with Crippen molar-refractivity contribution in [2.24, 2.45) is 5.92 Å². The van der Waals surface area contributed by atoms with E-state index in [0.717, 1.165) is 37.9 Å². The summed E-state index contributed by atoms with van der Waals surface area (Å²) in [6, 6.07) is 9.77. The van der Waals surface area contributed by atoms with Crippen LogP contribution in [0.3, 0.4) is 0 Å². The fourth-order valence-corrected chi connectivity index (χ4v) is 2.92. The highest BCUT2D eigenvalue weighted by Crippen LogP contribution is 2.17. The lowest BCUT2D eigenvalue weighted by molar-refractivity contribution is -0.135. The molecule has 1 heterocycles. The Hall–Kier alpha value is -1.59. The summed E-state index contributed by atoms with van der Waals surface area (Å²) in [4.78, 5) is 26.5. The van der Waals surface area contributed by atoms with E-state index in [-0.39, 0.29) is 30.1 Å². The molecule has 2 rings (SSSR count). The highest BCUT2D eigenvalue weighted by Gasteiger charge is 2.28. The lowest BCUT2D eigenvalue weighted by Gasteiger charge is -2.32. The predicted octanol–water partition coefficient (Wildman–Crippen LogP) is 1.62. The summed E-state index contributed by atoms with van der Waals surface area (Å²) in [6.45, 7) is 2.89. The second kappa shape index (κ2) is 11.0. The number of likely N-dealkylation sites (tertiary alicyclic amines) is 1. The minimum atomic E-state index is -0.0712. The normalized spacial score (nSPS) is 17.0. The molecular weight excluding hydrogens is 326 g/mol. The van der Waals surface area contributed by atoms with E-state index in [2.05, 4.69) is 10.6 Å². The van der Waals surface area contributed by atoms with E-state index in [4.69, 9.17) is 0 Å². The summed E-state index contributed by atoms with van der Waals surface area (Å²) in [7, 11) is 1.90. The molecule has 1 aromatic carbocycles. The molecule has 0 bridgehead atoms. The van der Waals surface area contributed by atoms with Gasteiger partial charge in [0, 0.05) is 19.6 Å². The van der Waals surface area contributed by atoms with Crippen LogP contribution in [0.5, 0.6) is 0 Å². The van der Waals surface area contributed by atoms with Crippen LogP contribution in [0, 0.1) is 5.92 Å². The fourth-order valence-electron chi connectivity index (χ4n) is 2.92. The Bertz CT molecular complexity index is 510. The van der Waals surface area contributed by atoms with Crippen molar-refractivity contribution in [2.45, 2.75) is 25.7 Å². The number of amides is 2. The van der Waals surface area contributed by atoms with Crippen LogP contribution >= 0.6 is 12.4 Å². The minimum Gasteiger partial charge on any atom is -0.356 e. The molecule has 0 aromatic heterocycles. The van der Waals surface area contributed by atoms with Crippen LogP contribution in [0.4, 0.5) is 0 Å². The molecule has 1 atom stereocenters. The molecule has 1 aliphatic rings. The van der Waals surface area contributed by atoms with Gasteiger partial charge >= 0.3 is 0 Å². The van der Waals surface area contributed by atoms with E-state index in [9.17, 15) is 9.59 Å². The Labute approximate surface area is 150 Å². The molecule has 2 N–H and O–H groups in total. The largest absolute Gasteiger partial charge is 0.356 e. The van der Waals surface area contributed by atoms with Gasteiger partial charge in [0.25, 0.3) is 0 Å². The molecule has 1 fully saturated rings. The molecule has 0 radical (unpaired) electrons. The van der Waals surface area contributed by atoms with Gasteiger partial charge < -0.3 is 15.5 Å². The summed E-state index contributed by atoms with van der Waals surface area (Å²) in [5, 5.41) is 6.04. The Kier molecular flexibility index (Phi) is 9.42. The average Bonchev–Trinajstić information content (AvgIpc) is 2.59. The van der Waals surface area contributed by atoms with Gasteiger partial charge in [-0.25, -0.2) is 0 Å². The molecule has 1 aliphatic heterocycles. The van der Waals surface area contributed by atoms with E-state index in [1.165, 1.54) is 0 Å². The Morgan fingerprint density at radius 1 is 1.21 bits per heavy atom. The SMILES string of the molecule is CNCCCNC(=O)C1CCCN(C(=O)Cc2ccccc2)C1.Cl. The fraction of sp³-hybridized carbons (Fsp3) is 0.556. The third-order valence-electron chi connectivity index (χ3n) is 4.25. The number of carbonyl (C=O) groups excluding carboxylic acids is 2. The smallest absolute Gasteiger partial charge is 0.227 e. The van der Waals surface area contributed by atoms with Crippen molar-refractivity contribution in [3.05, 3.63) is 35.9 Å². The first-order chi connectivity index (χ1) is 11.2. The lowest BCUT2D eigenvalue weighted by Crippen LogP contribution is -2.46. The number of piperidine rings is 1. The van der Waals surface area contributed by atoms with Gasteiger partial charge in [0.2, 0.25) is 11.8 Å². The number of rotatable bonds is 7. The second-order valence-corrected chi connectivity index (χ2v) is 6.09. The lowest BCUT2D eigenvalue weighted by atomic mass is 9.96. The van der Waals surface area contributed by atoms with Gasteiger partial charge in [-0.3, -0.25) is 9.59 Å². The monoisotopic (exact) mass is 353 g/mol. The van der Waals surface area contributed by atoms with Gasteiger partial charge in [-0.05, 0) is 38.4 Å². The topological polar surface area (TPSA) is 61.4 Å². The highest BCUT2D eigenvalue weighted by atomic mass is 35.5. The zero-order chi connectivity index (χ0) is 16.5. The third kappa shape index (κ3) is 6.49. The summed E-state index contributed by atoms with van der Waals surface area (Å²) in [6.07, 6.45) is 3.10. The van der Waals surface area contributed by atoms with Crippen LogP contribution in [0.15, 0.2) is 30.3 Å². The van der Waals surface area contributed by atoms with Gasteiger partial charge in [0.15, 0.2) is 0 Å². The van der Waals surface area contributed by atoms with Gasteiger partial charge in [-0.2, -0.15) is 0 Å². The van der Waals surface area contributed by atoms with E-state index in [1.54, 1.807) is 0 Å². The van der Waals surface area contributed by atoms with Gasteiger partial charge in [0.1, 0.15) is 0 Å². The molecule has 6 heteroatoms. The molecule has 2 amide bonds. The average molecular weight is 354 g/mol. The van der Waals surface area contributed by atoms with E-state index in [0.29, 0.717) is 19.5 Å². The first-order valence-corrected chi connectivity index (χ1v) is 8.44. The number of nitrogens with one attached hydrogen (secondary N) is 2. The quantitative estimate of drug-likeness (QED) is 0.732. The number of nitrogens with zero attached hydrogens (tertiary/aromatic N) is 1. The number of hydrogen-bond donors (Lipinski definition) is 2. The molecule has 0 saturated carbocycles. The van der Waals surface area contributed by atoms with Crippen molar-refractivity contribution in [3.63, 3.8) is 0 Å². The number of halogens is 1. The first kappa shape index (κ1) is 20.5. The maximum Gasteiger partial charge on any atom is 0.227 e. The van der Waals surface area contributed by atoms with Crippen LogP contribution < -0.4 is 10.6 Å². The summed E-state index contributed by atoms with van der Waals surface area (Å²) in [5.74, 6) is 0.125. The zero-order valence-electron chi connectivity index (χ0n) is 14.3. The maximum absolute atomic E-state index is 12.4. The number of hydrogen-bond acceptors (Lipinski definition) is 3. The molecule has 5 nitrogen and oxygen atoms in total. The Morgan fingerprint density at radius 3 is 2.67 bits per heavy atom. The molecular formula is C18H28ClN3O2. The van der Waals surface area contributed by atoms with Gasteiger partial charge in [-0.1, -0.05) is 30.3 Å². The van der Waals surface area contributed by atoms with Crippen molar-refractivity contribution in [3.8, 4) is 0 Å². The van der Waals surface area contributed by atoms with Crippen LogP contribution in [-0.2, 0) is 16.0 Å². The molecule has 0 spiro atoms. The van der Waals surface area contributed by atoms with Gasteiger partial charge in [-0.15, -0.1) is 12.4 Å². The third-order valence-corrected chi connectivity index (χ3v) is 4.25. The van der Waals surface area contributed by atoms with Crippen LogP contribution in [0.1, 0.15) is 24.8 Å². The van der Waals surface area contributed by atoms with Crippen LogP contribution in [0.2, 0.25) is 0 Å². The summed E-state index contributed by atoms with van der Waals surface area (Å²) < 4.78 is 0. The molecule has 1 unspecified atom stereocenters. The first-order valence-electron chi connectivity index (χ1n) is 8.44. The standard InChI is InChI=1S/C18H27N3O2.ClH/c1-19-10-6-11-20-18(23)16-9-5-12-21(14-16)17(22)13-15-7-3-2-4-8-15;/h2-4,7-8,16,19H,5-6,9-14H2,1H3,(H,20,23);1H. The highest BCUT2D eigenvalue weighted by molar-refractivity contribution is 5.85. The molecule has 24 heavy (non-hydrogen) atoms. The zero-order valence-corrected chi connectivity index (χ0v) is 15.1. The van der Waals surface area contributed by atoms with E-state index >= 15 is 0 Å². The van der Waals surface area contributed by atoms with Crippen LogP contribution in [-0.4, -0.2) is 49.9 Å². The molecule has 1 aromatic rings. The van der Waals surface area contributed by atoms with Crippen molar-refractivity contribution < 1.29 is 9.59 Å². The second-order valence-electron chi connectivity index (χ2n) is 6.09. The number of carbonyl (C=O) groups is 2. The van der Waals surface area contributed by atoms with E-state index in [1.807, 2.05) is 42.3 Å². The van der Waals surface area contributed by atoms with Gasteiger partial charge in [0.05, 0.1) is 12.3 Å². The number of benzene rings is 1.